The third kappa shape index (κ3) is 2.54. The van der Waals surface area contributed by atoms with E-state index in [0.717, 1.165) is 5.56 Å². The monoisotopic (exact) mass is 258 g/mol. The number of rotatable bonds is 4. The standard InChI is InChI=1S/C14H14N2O3/c1-9(11-3-5-15-6-4-11)16-8-12(10(2)17)7-13(16)14(18)19/h3-9H,1-2H3,(H,18,19). The molecule has 0 spiro atoms. The molecule has 2 heterocycles. The van der Waals surface area contributed by atoms with Gasteiger partial charge in [0.05, 0.1) is 6.04 Å². The van der Waals surface area contributed by atoms with E-state index in [1.165, 1.54) is 13.0 Å². The molecular weight excluding hydrogens is 244 g/mol. The Bertz CT molecular complexity index is 617. The minimum atomic E-state index is -1.05. The van der Waals surface area contributed by atoms with E-state index in [9.17, 15) is 14.7 Å². The van der Waals surface area contributed by atoms with Crippen LogP contribution in [-0.2, 0) is 0 Å². The highest BCUT2D eigenvalue weighted by Gasteiger charge is 2.19. The Morgan fingerprint density at radius 2 is 1.95 bits per heavy atom. The molecule has 0 aliphatic heterocycles. The summed E-state index contributed by atoms with van der Waals surface area (Å²) in [7, 11) is 0. The van der Waals surface area contributed by atoms with Crippen LogP contribution >= 0.6 is 0 Å². The minimum absolute atomic E-state index is 0.106. The van der Waals surface area contributed by atoms with Crippen LogP contribution in [0, 0.1) is 0 Å². The molecule has 98 valence electrons. The second kappa shape index (κ2) is 5.06. The summed E-state index contributed by atoms with van der Waals surface area (Å²) in [6.45, 7) is 3.30. The molecule has 0 saturated heterocycles. The van der Waals surface area contributed by atoms with Crippen molar-refractivity contribution in [3.63, 3.8) is 0 Å². The zero-order valence-corrected chi connectivity index (χ0v) is 10.7. The molecule has 0 fully saturated rings. The predicted octanol–water partition coefficient (Wildman–Crippen LogP) is 2.39. The SMILES string of the molecule is CC(=O)c1cc(C(=O)O)n(C(C)c2ccncc2)c1. The molecule has 0 bridgehead atoms. The first kappa shape index (κ1) is 13.0. The van der Waals surface area contributed by atoms with Gasteiger partial charge in [0.15, 0.2) is 5.78 Å². The largest absolute Gasteiger partial charge is 0.477 e. The maximum atomic E-state index is 11.4. The average molecular weight is 258 g/mol. The zero-order valence-electron chi connectivity index (χ0n) is 10.7. The molecule has 2 aromatic heterocycles. The molecule has 0 aliphatic rings. The first-order valence-corrected chi connectivity index (χ1v) is 5.86. The lowest BCUT2D eigenvalue weighted by atomic mass is 10.1. The number of hydrogen-bond donors (Lipinski definition) is 1. The molecule has 5 nitrogen and oxygen atoms in total. The van der Waals surface area contributed by atoms with E-state index in [-0.39, 0.29) is 17.5 Å². The van der Waals surface area contributed by atoms with E-state index >= 15 is 0 Å². The Labute approximate surface area is 110 Å². The summed E-state index contributed by atoms with van der Waals surface area (Å²) in [5.41, 5.74) is 1.44. The average Bonchev–Trinajstić information content (AvgIpc) is 2.84. The lowest BCUT2D eigenvalue weighted by molar-refractivity contribution is 0.0684. The van der Waals surface area contributed by atoms with E-state index in [0.29, 0.717) is 5.56 Å². The van der Waals surface area contributed by atoms with Crippen molar-refractivity contribution in [1.29, 1.82) is 0 Å². The number of Topliss-reactive ketones (excluding diaryl/α,β-unsaturated/α-hetero) is 1. The summed E-state index contributed by atoms with van der Waals surface area (Å²) in [5.74, 6) is -1.20. The van der Waals surface area contributed by atoms with Crippen molar-refractivity contribution in [1.82, 2.24) is 9.55 Å². The van der Waals surface area contributed by atoms with Crippen LogP contribution in [0.2, 0.25) is 0 Å². The minimum Gasteiger partial charge on any atom is -0.477 e. The van der Waals surface area contributed by atoms with Gasteiger partial charge in [-0.3, -0.25) is 9.78 Å². The Morgan fingerprint density at radius 1 is 1.32 bits per heavy atom. The highest BCUT2D eigenvalue weighted by molar-refractivity contribution is 5.97. The summed E-state index contributed by atoms with van der Waals surface area (Å²) in [6, 6.07) is 4.87. The number of pyridine rings is 1. The fourth-order valence-electron chi connectivity index (χ4n) is 1.97. The number of ketones is 1. The quantitative estimate of drug-likeness (QED) is 0.855. The lowest BCUT2D eigenvalue weighted by Crippen LogP contribution is -2.12. The van der Waals surface area contributed by atoms with Crippen molar-refractivity contribution in [2.24, 2.45) is 0 Å². The van der Waals surface area contributed by atoms with Crippen molar-refractivity contribution in [2.45, 2.75) is 19.9 Å². The number of aromatic carboxylic acids is 1. The first-order valence-electron chi connectivity index (χ1n) is 5.86. The van der Waals surface area contributed by atoms with Crippen molar-refractivity contribution < 1.29 is 14.7 Å². The molecule has 1 N–H and O–H groups in total. The van der Waals surface area contributed by atoms with Crippen LogP contribution in [0.25, 0.3) is 0 Å². The van der Waals surface area contributed by atoms with Crippen molar-refractivity contribution in [2.75, 3.05) is 0 Å². The number of carboxylic acid groups (broad SMARTS) is 1. The highest BCUT2D eigenvalue weighted by Crippen LogP contribution is 2.22. The normalized spacial score (nSPS) is 12.1. The summed E-state index contributed by atoms with van der Waals surface area (Å²) >= 11 is 0. The van der Waals surface area contributed by atoms with E-state index in [4.69, 9.17) is 0 Å². The van der Waals surface area contributed by atoms with E-state index in [1.54, 1.807) is 23.2 Å². The van der Waals surface area contributed by atoms with Gasteiger partial charge < -0.3 is 9.67 Å². The first-order chi connectivity index (χ1) is 9.00. The van der Waals surface area contributed by atoms with Gasteiger partial charge in [-0.15, -0.1) is 0 Å². The molecule has 0 radical (unpaired) electrons. The zero-order chi connectivity index (χ0) is 14.0. The molecule has 19 heavy (non-hydrogen) atoms. The maximum Gasteiger partial charge on any atom is 0.352 e. The van der Waals surface area contributed by atoms with Gasteiger partial charge in [0.25, 0.3) is 0 Å². The van der Waals surface area contributed by atoms with Crippen LogP contribution < -0.4 is 0 Å². The molecule has 1 atom stereocenters. The van der Waals surface area contributed by atoms with Gasteiger partial charge in [0.2, 0.25) is 0 Å². The van der Waals surface area contributed by atoms with Crippen LogP contribution in [0.4, 0.5) is 0 Å². The van der Waals surface area contributed by atoms with Gasteiger partial charge in [0, 0.05) is 24.2 Å². The maximum absolute atomic E-state index is 11.4. The molecule has 0 amide bonds. The Kier molecular flexibility index (Phi) is 3.46. The molecule has 0 aliphatic carbocycles. The van der Waals surface area contributed by atoms with Crippen LogP contribution in [0.5, 0.6) is 0 Å². The Morgan fingerprint density at radius 3 is 2.47 bits per heavy atom. The van der Waals surface area contributed by atoms with E-state index in [1.807, 2.05) is 19.1 Å². The predicted molar refractivity (Wildman–Crippen MR) is 69.4 cm³/mol. The smallest absolute Gasteiger partial charge is 0.352 e. The summed E-state index contributed by atoms with van der Waals surface area (Å²) in [4.78, 5) is 26.6. The number of hydrogen-bond acceptors (Lipinski definition) is 3. The highest BCUT2D eigenvalue weighted by atomic mass is 16.4. The van der Waals surface area contributed by atoms with E-state index < -0.39 is 5.97 Å². The van der Waals surface area contributed by atoms with Crippen LogP contribution in [-0.4, -0.2) is 26.4 Å². The number of carboxylic acids is 1. The van der Waals surface area contributed by atoms with E-state index in [2.05, 4.69) is 4.98 Å². The third-order valence-electron chi connectivity index (χ3n) is 3.08. The van der Waals surface area contributed by atoms with Gasteiger partial charge in [-0.25, -0.2) is 4.79 Å². The molecular formula is C14H14N2O3. The topological polar surface area (TPSA) is 72.2 Å². The Balaban J connectivity index is 2.49. The number of carbonyl (C=O) groups excluding carboxylic acids is 1. The summed E-state index contributed by atoms with van der Waals surface area (Å²) in [6.07, 6.45) is 4.89. The summed E-state index contributed by atoms with van der Waals surface area (Å²) < 4.78 is 1.59. The fraction of sp³-hybridized carbons (Fsp3) is 0.214. The van der Waals surface area contributed by atoms with Crippen molar-refractivity contribution in [3.8, 4) is 0 Å². The van der Waals surface area contributed by atoms with Crippen LogP contribution in [0.3, 0.4) is 0 Å². The molecule has 0 saturated carbocycles. The van der Waals surface area contributed by atoms with Gasteiger partial charge in [-0.2, -0.15) is 0 Å². The van der Waals surface area contributed by atoms with Crippen LogP contribution in [0.1, 0.15) is 46.3 Å². The number of nitrogens with zero attached hydrogens (tertiary/aromatic N) is 2. The third-order valence-corrected chi connectivity index (χ3v) is 3.08. The lowest BCUT2D eigenvalue weighted by Gasteiger charge is -2.15. The summed E-state index contributed by atoms with van der Waals surface area (Å²) in [5, 5.41) is 9.21. The number of aromatic nitrogens is 2. The van der Waals surface area contributed by atoms with Crippen LogP contribution in [0.15, 0.2) is 36.8 Å². The van der Waals surface area contributed by atoms with Gasteiger partial charge >= 0.3 is 5.97 Å². The fourth-order valence-corrected chi connectivity index (χ4v) is 1.97. The molecule has 2 aromatic rings. The molecule has 0 aromatic carbocycles. The second-order valence-corrected chi connectivity index (χ2v) is 4.34. The Hall–Kier alpha value is -2.43. The van der Waals surface area contributed by atoms with Gasteiger partial charge in [0.1, 0.15) is 5.69 Å². The van der Waals surface area contributed by atoms with Gasteiger partial charge in [-0.1, -0.05) is 0 Å². The van der Waals surface area contributed by atoms with Crippen molar-refractivity contribution in [3.05, 3.63) is 53.6 Å². The van der Waals surface area contributed by atoms with Crippen molar-refractivity contribution >= 4 is 11.8 Å². The number of carbonyl (C=O) groups is 2. The van der Waals surface area contributed by atoms with Gasteiger partial charge in [-0.05, 0) is 37.6 Å². The molecule has 2 rings (SSSR count). The second-order valence-electron chi connectivity index (χ2n) is 4.34. The molecule has 1 unspecified atom stereocenters. The molecule has 5 heteroatoms.